The predicted octanol–water partition coefficient (Wildman–Crippen LogP) is 4.02. The summed E-state index contributed by atoms with van der Waals surface area (Å²) in [7, 11) is 2.00. The molecule has 138 valence electrons. The Morgan fingerprint density at radius 3 is 2.56 bits per heavy atom. The van der Waals surface area contributed by atoms with Gasteiger partial charge in [-0.15, -0.1) is 0 Å². The van der Waals surface area contributed by atoms with Crippen molar-refractivity contribution >= 4 is 17.4 Å². The van der Waals surface area contributed by atoms with Crippen LogP contribution in [0.1, 0.15) is 27.0 Å². The maximum atomic E-state index is 12.5. The van der Waals surface area contributed by atoms with E-state index in [1.54, 1.807) is 18.6 Å². The lowest BCUT2D eigenvalue weighted by atomic mass is 10.1. The van der Waals surface area contributed by atoms with Gasteiger partial charge >= 0.3 is 0 Å². The molecule has 0 bridgehead atoms. The number of aryl methyl sites for hydroxylation is 1. The average Bonchev–Trinajstić information content (AvgIpc) is 2.70. The van der Waals surface area contributed by atoms with E-state index in [2.05, 4.69) is 20.2 Å². The molecule has 0 aliphatic heterocycles. The molecule has 0 atom stereocenters. The molecule has 0 radical (unpaired) electrons. The minimum Gasteiger partial charge on any atom is -0.359 e. The zero-order valence-corrected chi connectivity index (χ0v) is 15.9. The highest BCUT2D eigenvalue weighted by Crippen LogP contribution is 2.19. The number of carbonyl (C=O) groups is 1. The van der Waals surface area contributed by atoms with Gasteiger partial charge in [-0.3, -0.25) is 9.78 Å². The second kappa shape index (κ2) is 8.45. The molecule has 5 nitrogen and oxygen atoms in total. The van der Waals surface area contributed by atoms with Gasteiger partial charge in [-0.05, 0) is 67.3 Å². The molecule has 0 saturated carbocycles. The highest BCUT2D eigenvalue weighted by molar-refractivity contribution is 6.04. The number of aromatic nitrogens is 2. The van der Waals surface area contributed by atoms with Crippen molar-refractivity contribution in [3.63, 3.8) is 0 Å². The number of nitrogens with one attached hydrogen (secondary N) is 1. The minimum absolute atomic E-state index is 0.151. The molecule has 0 unspecified atom stereocenters. The number of benzene rings is 1. The molecule has 1 amide bonds. The first-order valence-electron chi connectivity index (χ1n) is 8.98. The Hall–Kier alpha value is -3.21. The molecule has 0 aliphatic rings. The Kier molecular flexibility index (Phi) is 5.81. The topological polar surface area (TPSA) is 58.1 Å². The van der Waals surface area contributed by atoms with Crippen LogP contribution in [0.15, 0.2) is 61.1 Å². The molecule has 2 heterocycles. The zero-order chi connectivity index (χ0) is 19.2. The lowest BCUT2D eigenvalue weighted by Gasteiger charge is -2.18. The van der Waals surface area contributed by atoms with Gasteiger partial charge in [-0.25, -0.2) is 4.98 Å². The van der Waals surface area contributed by atoms with Crippen molar-refractivity contribution in [2.45, 2.75) is 20.3 Å². The van der Waals surface area contributed by atoms with Crippen molar-refractivity contribution in [3.05, 3.63) is 83.3 Å². The summed E-state index contributed by atoms with van der Waals surface area (Å²) in [5.74, 6) is 0.689. The Morgan fingerprint density at radius 1 is 1.07 bits per heavy atom. The van der Waals surface area contributed by atoms with Gasteiger partial charge in [0.05, 0.1) is 5.56 Å². The monoisotopic (exact) mass is 360 g/mol. The van der Waals surface area contributed by atoms with Crippen molar-refractivity contribution < 1.29 is 4.79 Å². The van der Waals surface area contributed by atoms with E-state index in [-0.39, 0.29) is 5.91 Å². The van der Waals surface area contributed by atoms with Gasteiger partial charge < -0.3 is 10.2 Å². The maximum Gasteiger partial charge on any atom is 0.257 e. The smallest absolute Gasteiger partial charge is 0.257 e. The normalized spacial score (nSPS) is 10.5. The number of likely N-dealkylation sites (N-methyl/N-ethyl adjacent to an activating group) is 1. The summed E-state index contributed by atoms with van der Waals surface area (Å²) in [5.41, 5.74) is 4.84. The molecular formula is C22H24N4O. The molecule has 27 heavy (non-hydrogen) atoms. The Morgan fingerprint density at radius 2 is 1.85 bits per heavy atom. The summed E-state index contributed by atoms with van der Waals surface area (Å²) in [6.07, 6.45) is 6.14. The average molecular weight is 360 g/mol. The van der Waals surface area contributed by atoms with Gasteiger partial charge in [0, 0.05) is 37.9 Å². The van der Waals surface area contributed by atoms with E-state index in [9.17, 15) is 4.79 Å². The second-order valence-electron chi connectivity index (χ2n) is 6.63. The van der Waals surface area contributed by atoms with Gasteiger partial charge in [-0.1, -0.05) is 12.1 Å². The van der Waals surface area contributed by atoms with Crippen LogP contribution in [0.2, 0.25) is 0 Å². The number of pyridine rings is 2. The van der Waals surface area contributed by atoms with E-state index < -0.39 is 0 Å². The van der Waals surface area contributed by atoms with E-state index in [1.807, 2.05) is 63.4 Å². The fraction of sp³-hybridized carbons (Fsp3) is 0.227. The number of rotatable bonds is 6. The largest absolute Gasteiger partial charge is 0.359 e. The number of hydrogen-bond acceptors (Lipinski definition) is 4. The molecule has 5 heteroatoms. The Bertz CT molecular complexity index is 907. The van der Waals surface area contributed by atoms with Crippen molar-refractivity contribution in [2.75, 3.05) is 23.8 Å². The summed E-state index contributed by atoms with van der Waals surface area (Å²) in [4.78, 5) is 23.1. The van der Waals surface area contributed by atoms with E-state index in [4.69, 9.17) is 0 Å². The van der Waals surface area contributed by atoms with Gasteiger partial charge in [0.15, 0.2) is 0 Å². The third-order valence-corrected chi connectivity index (χ3v) is 4.74. The molecule has 3 aromatic rings. The standard InChI is InChI=1S/C22H24N4O/c1-16-5-4-6-20(17(16)2)25-22(27)19-7-8-21(24-15-19)26(3)14-11-18-9-12-23-13-10-18/h4-10,12-13,15H,11,14H2,1-3H3,(H,25,27). The summed E-state index contributed by atoms with van der Waals surface area (Å²) < 4.78 is 0. The molecule has 0 spiro atoms. The van der Waals surface area contributed by atoms with Crippen LogP contribution in [0.4, 0.5) is 11.5 Å². The fourth-order valence-corrected chi connectivity index (χ4v) is 2.79. The highest BCUT2D eigenvalue weighted by atomic mass is 16.1. The molecule has 3 rings (SSSR count). The van der Waals surface area contributed by atoms with Crippen LogP contribution < -0.4 is 10.2 Å². The van der Waals surface area contributed by atoms with Crippen molar-refractivity contribution in [1.82, 2.24) is 9.97 Å². The predicted molar refractivity (Wildman–Crippen MR) is 109 cm³/mol. The first-order valence-corrected chi connectivity index (χ1v) is 8.98. The Balaban J connectivity index is 1.62. The van der Waals surface area contributed by atoms with E-state index >= 15 is 0 Å². The highest BCUT2D eigenvalue weighted by Gasteiger charge is 2.10. The number of amides is 1. The number of anilines is 2. The van der Waals surface area contributed by atoms with Gasteiger partial charge in [0.1, 0.15) is 5.82 Å². The number of carbonyl (C=O) groups excluding carboxylic acids is 1. The van der Waals surface area contributed by atoms with Crippen molar-refractivity contribution in [2.24, 2.45) is 0 Å². The maximum absolute atomic E-state index is 12.5. The van der Waals surface area contributed by atoms with Crippen LogP contribution in [0.3, 0.4) is 0 Å². The number of nitrogens with zero attached hydrogens (tertiary/aromatic N) is 3. The zero-order valence-electron chi connectivity index (χ0n) is 15.9. The molecule has 1 N–H and O–H groups in total. The third kappa shape index (κ3) is 4.70. The summed E-state index contributed by atoms with van der Waals surface area (Å²) in [6, 6.07) is 13.6. The van der Waals surface area contributed by atoms with E-state index in [0.717, 1.165) is 35.6 Å². The lowest BCUT2D eigenvalue weighted by Crippen LogP contribution is -2.22. The third-order valence-electron chi connectivity index (χ3n) is 4.74. The number of hydrogen-bond donors (Lipinski definition) is 1. The van der Waals surface area contributed by atoms with Crippen LogP contribution in [0.25, 0.3) is 0 Å². The van der Waals surface area contributed by atoms with Gasteiger partial charge in [0.2, 0.25) is 0 Å². The van der Waals surface area contributed by atoms with Crippen LogP contribution in [-0.4, -0.2) is 29.5 Å². The lowest BCUT2D eigenvalue weighted by molar-refractivity contribution is 0.102. The van der Waals surface area contributed by atoms with Crippen LogP contribution in [-0.2, 0) is 6.42 Å². The molecular weight excluding hydrogens is 336 g/mol. The van der Waals surface area contributed by atoms with Crippen molar-refractivity contribution in [3.8, 4) is 0 Å². The molecule has 2 aromatic heterocycles. The fourth-order valence-electron chi connectivity index (χ4n) is 2.79. The van der Waals surface area contributed by atoms with Crippen molar-refractivity contribution in [1.29, 1.82) is 0 Å². The quantitative estimate of drug-likeness (QED) is 0.721. The van der Waals surface area contributed by atoms with Crippen LogP contribution in [0.5, 0.6) is 0 Å². The van der Waals surface area contributed by atoms with Gasteiger partial charge in [-0.2, -0.15) is 0 Å². The first kappa shape index (κ1) is 18.6. The molecule has 0 fully saturated rings. The molecule has 1 aromatic carbocycles. The minimum atomic E-state index is -0.151. The molecule has 0 saturated heterocycles. The van der Waals surface area contributed by atoms with Crippen LogP contribution in [0, 0.1) is 13.8 Å². The van der Waals surface area contributed by atoms with E-state index in [0.29, 0.717) is 5.56 Å². The summed E-state index contributed by atoms with van der Waals surface area (Å²) in [6.45, 7) is 4.87. The Labute approximate surface area is 160 Å². The summed E-state index contributed by atoms with van der Waals surface area (Å²) in [5, 5.41) is 2.96. The van der Waals surface area contributed by atoms with Crippen LogP contribution >= 0.6 is 0 Å². The molecule has 0 aliphatic carbocycles. The first-order chi connectivity index (χ1) is 13.0. The second-order valence-corrected chi connectivity index (χ2v) is 6.63. The summed E-state index contributed by atoms with van der Waals surface area (Å²) >= 11 is 0. The SMILES string of the molecule is Cc1cccc(NC(=O)c2ccc(N(C)CCc3ccncc3)nc2)c1C. The van der Waals surface area contributed by atoms with E-state index in [1.165, 1.54) is 5.56 Å². The van der Waals surface area contributed by atoms with Gasteiger partial charge in [0.25, 0.3) is 5.91 Å².